The zero-order chi connectivity index (χ0) is 35.7. The predicted molar refractivity (Wildman–Crippen MR) is 126 cm³/mol. The monoisotopic (exact) mass is 734 g/mol. The summed E-state index contributed by atoms with van der Waals surface area (Å²) in [5.74, 6) is -42.8. The molecule has 256 valence electrons. The van der Waals surface area contributed by atoms with Gasteiger partial charge in [0.2, 0.25) is 23.3 Å². The number of nitrogens with zero attached hydrogens (tertiary/aromatic N) is 2. The number of allylic oxidation sites excluding steroid dienone is 2. The lowest BCUT2D eigenvalue weighted by Crippen LogP contribution is -2.50. The van der Waals surface area contributed by atoms with Gasteiger partial charge in [-0.1, -0.05) is 12.2 Å². The SMILES string of the molecule is O=C1C2C3C=CC(C2C(=O)N1OS(=O)(=O)c1c(F)c(F)c(O)c(F)c1F)C1C(=O)N(OS(=O)(=O)c2c(F)c(F)c(O)c(F)c2F)C(=O)C31. The van der Waals surface area contributed by atoms with Crippen LogP contribution in [0.4, 0.5) is 35.1 Å². The van der Waals surface area contributed by atoms with E-state index in [0.29, 0.717) is 0 Å². The lowest BCUT2D eigenvalue weighted by atomic mass is 9.54. The molecule has 0 spiro atoms. The fraction of sp³-hybridized carbons (Fsp3) is 0.250. The van der Waals surface area contributed by atoms with Gasteiger partial charge < -0.3 is 10.2 Å². The van der Waals surface area contributed by atoms with Gasteiger partial charge in [-0.15, -0.1) is 18.7 Å². The number of rotatable bonds is 6. The first-order valence-corrected chi connectivity index (χ1v) is 15.4. The van der Waals surface area contributed by atoms with Crippen LogP contribution in [0.1, 0.15) is 0 Å². The number of phenols is 2. The Morgan fingerprint density at radius 2 is 0.708 bits per heavy atom. The van der Waals surface area contributed by atoms with Crippen LogP contribution < -0.4 is 0 Å². The van der Waals surface area contributed by atoms with Crippen LogP contribution in [0.25, 0.3) is 0 Å². The Labute approximate surface area is 259 Å². The van der Waals surface area contributed by atoms with Gasteiger partial charge >= 0.3 is 20.2 Å². The highest BCUT2D eigenvalue weighted by atomic mass is 32.2. The summed E-state index contributed by atoms with van der Waals surface area (Å²) < 4.78 is 171. The van der Waals surface area contributed by atoms with E-state index in [4.69, 9.17) is 10.2 Å². The number of amides is 4. The van der Waals surface area contributed by atoms with E-state index in [1.807, 2.05) is 0 Å². The van der Waals surface area contributed by atoms with Gasteiger partial charge in [0.05, 0.1) is 23.7 Å². The molecular weight excluding hydrogens is 724 g/mol. The molecule has 2 bridgehead atoms. The van der Waals surface area contributed by atoms with Crippen molar-refractivity contribution in [3.63, 3.8) is 0 Å². The average molecular weight is 734 g/mol. The van der Waals surface area contributed by atoms with E-state index >= 15 is 0 Å². The molecular formula is C24H10F8N2O12S2. The van der Waals surface area contributed by atoms with Crippen molar-refractivity contribution in [2.75, 3.05) is 0 Å². The van der Waals surface area contributed by atoms with Crippen LogP contribution in [-0.2, 0) is 48.0 Å². The molecule has 0 radical (unpaired) electrons. The first-order chi connectivity index (χ1) is 22.2. The number of hydrogen-bond donors (Lipinski definition) is 2. The van der Waals surface area contributed by atoms with E-state index in [0.717, 1.165) is 12.2 Å². The summed E-state index contributed by atoms with van der Waals surface area (Å²) >= 11 is 0. The highest BCUT2D eigenvalue weighted by Gasteiger charge is 2.70. The number of hydroxylamine groups is 4. The average Bonchev–Trinajstić information content (AvgIpc) is 3.43. The largest absolute Gasteiger partial charge is 0.503 e. The molecule has 3 fully saturated rings. The van der Waals surface area contributed by atoms with Crippen LogP contribution in [0.15, 0.2) is 21.9 Å². The van der Waals surface area contributed by atoms with E-state index in [9.17, 15) is 71.1 Å². The molecule has 4 unspecified atom stereocenters. The molecule has 1 saturated carbocycles. The molecule has 14 nitrogen and oxygen atoms in total. The molecule has 2 N–H and O–H groups in total. The van der Waals surface area contributed by atoms with Crippen LogP contribution in [0.3, 0.4) is 0 Å². The first kappa shape index (κ1) is 33.2. The highest BCUT2D eigenvalue weighted by molar-refractivity contribution is 7.87. The van der Waals surface area contributed by atoms with Crippen LogP contribution >= 0.6 is 0 Å². The Bertz CT molecular complexity index is 1930. The Kier molecular flexibility index (Phi) is 7.21. The topological polar surface area (TPSA) is 202 Å². The Morgan fingerprint density at radius 1 is 0.479 bits per heavy atom. The summed E-state index contributed by atoms with van der Waals surface area (Å²) in [5, 5.41) is 17.0. The molecule has 4 amide bonds. The summed E-state index contributed by atoms with van der Waals surface area (Å²) in [6, 6.07) is 0. The van der Waals surface area contributed by atoms with Gasteiger partial charge in [-0.05, 0) is 0 Å². The van der Waals surface area contributed by atoms with E-state index in [1.54, 1.807) is 0 Å². The van der Waals surface area contributed by atoms with Crippen molar-refractivity contribution in [1.82, 2.24) is 10.1 Å². The van der Waals surface area contributed by atoms with Crippen molar-refractivity contribution in [1.29, 1.82) is 0 Å². The molecule has 24 heteroatoms. The molecule has 2 heterocycles. The number of carbonyl (C=O) groups excluding carboxylic acids is 4. The zero-order valence-corrected chi connectivity index (χ0v) is 24.0. The van der Waals surface area contributed by atoms with Gasteiger partial charge in [-0.25, -0.2) is 17.6 Å². The Morgan fingerprint density at radius 3 is 0.938 bits per heavy atom. The minimum Gasteiger partial charge on any atom is -0.503 e. The molecule has 2 aromatic carbocycles. The van der Waals surface area contributed by atoms with Crippen molar-refractivity contribution in [2.24, 2.45) is 35.5 Å². The van der Waals surface area contributed by atoms with Gasteiger partial charge in [0.1, 0.15) is 0 Å². The van der Waals surface area contributed by atoms with E-state index in [1.165, 1.54) is 0 Å². The summed E-state index contributed by atoms with van der Waals surface area (Å²) in [4.78, 5) is 48.0. The molecule has 2 aromatic rings. The second-order valence-electron chi connectivity index (χ2n) is 10.5. The second kappa shape index (κ2) is 10.4. The van der Waals surface area contributed by atoms with E-state index in [2.05, 4.69) is 8.57 Å². The van der Waals surface area contributed by atoms with Crippen molar-refractivity contribution >= 4 is 43.9 Å². The van der Waals surface area contributed by atoms with Crippen molar-refractivity contribution in [2.45, 2.75) is 9.79 Å². The highest BCUT2D eigenvalue weighted by Crippen LogP contribution is 2.58. The van der Waals surface area contributed by atoms with Crippen molar-refractivity contribution in [3.05, 3.63) is 58.7 Å². The Hall–Kier alpha value is -4.68. The quantitative estimate of drug-likeness (QED) is 0.186. The minimum atomic E-state index is -6.14. The van der Waals surface area contributed by atoms with E-state index in [-0.39, 0.29) is 0 Å². The van der Waals surface area contributed by atoms with Gasteiger partial charge in [-0.2, -0.15) is 34.4 Å². The zero-order valence-electron chi connectivity index (χ0n) is 22.3. The molecule has 2 aliphatic heterocycles. The number of aromatic hydroxyl groups is 2. The standard InChI is InChI=1S/C24H10F8N2O12S2/c25-9-13(29)19(14(30)10(26)17(9)35)47(41,42)45-33-21(37)5-3-1-2-4(7(5)23(33)39)8-6(3)22(38)34(24(8)40)46-48(43,44)20-15(31)11(27)18(36)12(28)16(20)32/h1-8,35-36H. The summed E-state index contributed by atoms with van der Waals surface area (Å²) in [6.45, 7) is 0. The lowest BCUT2D eigenvalue weighted by molar-refractivity contribution is -0.166. The van der Waals surface area contributed by atoms with Crippen LogP contribution in [0.5, 0.6) is 11.5 Å². The summed E-state index contributed by atoms with van der Waals surface area (Å²) in [7, 11) is -12.3. The summed E-state index contributed by atoms with van der Waals surface area (Å²) in [6.07, 6.45) is 2.13. The van der Waals surface area contributed by atoms with Crippen LogP contribution in [-0.4, -0.2) is 60.8 Å². The number of imide groups is 2. The number of carbonyl (C=O) groups is 4. The van der Waals surface area contributed by atoms with Gasteiger partial charge in [0.25, 0.3) is 23.6 Å². The maximum absolute atomic E-state index is 14.3. The lowest BCUT2D eigenvalue weighted by Gasteiger charge is -2.44. The number of phenolic OH excluding ortho intramolecular Hbond substituents is 2. The Balaban J connectivity index is 1.31. The second-order valence-corrected chi connectivity index (χ2v) is 13.4. The normalized spacial score (nSPS) is 26.6. The number of benzene rings is 2. The number of hydrogen-bond acceptors (Lipinski definition) is 12. The summed E-state index contributed by atoms with van der Waals surface area (Å²) in [5.41, 5.74) is 0. The third-order valence-corrected chi connectivity index (χ3v) is 10.6. The predicted octanol–water partition coefficient (Wildman–Crippen LogP) is 1.17. The van der Waals surface area contributed by atoms with Gasteiger partial charge in [-0.3, -0.25) is 19.2 Å². The molecule has 5 aliphatic rings. The van der Waals surface area contributed by atoms with Crippen LogP contribution in [0.2, 0.25) is 0 Å². The maximum Gasteiger partial charge on any atom is 0.324 e. The van der Waals surface area contributed by atoms with E-state index < -0.39 is 157 Å². The fourth-order valence-electron chi connectivity index (χ4n) is 6.23. The van der Waals surface area contributed by atoms with Crippen molar-refractivity contribution in [3.8, 4) is 11.5 Å². The molecule has 3 aliphatic carbocycles. The third kappa shape index (κ3) is 4.21. The third-order valence-electron chi connectivity index (χ3n) is 8.17. The van der Waals surface area contributed by atoms with Crippen molar-refractivity contribution < 1.29 is 89.9 Å². The van der Waals surface area contributed by atoms with Gasteiger partial charge in [0.15, 0.2) is 44.6 Å². The number of halogens is 8. The molecule has 4 atom stereocenters. The maximum atomic E-state index is 14.3. The first-order valence-electron chi connectivity index (χ1n) is 12.6. The van der Waals surface area contributed by atoms with Gasteiger partial charge in [0, 0.05) is 11.8 Å². The fourth-order valence-corrected chi connectivity index (χ4v) is 8.30. The molecule has 7 rings (SSSR count). The smallest absolute Gasteiger partial charge is 0.324 e. The molecule has 48 heavy (non-hydrogen) atoms. The molecule has 2 saturated heterocycles. The van der Waals surface area contributed by atoms with Crippen LogP contribution in [0, 0.1) is 82.0 Å². The molecule has 0 aromatic heterocycles. The minimum absolute atomic E-state index is 0.562.